The van der Waals surface area contributed by atoms with Crippen molar-refractivity contribution in [2.45, 2.75) is 18.9 Å². The van der Waals surface area contributed by atoms with Crippen LogP contribution in [0.25, 0.3) is 0 Å². The van der Waals surface area contributed by atoms with Gasteiger partial charge in [0.05, 0.1) is 0 Å². The zero-order chi connectivity index (χ0) is 10.8. The summed E-state index contributed by atoms with van der Waals surface area (Å²) in [6.07, 6.45) is 0.351. The Morgan fingerprint density at radius 3 is 2.79 bits per heavy atom. The minimum atomic E-state index is -0.806. The van der Waals surface area contributed by atoms with Gasteiger partial charge in [-0.3, -0.25) is 0 Å². The summed E-state index contributed by atoms with van der Waals surface area (Å²) in [6, 6.07) is 4.81. The van der Waals surface area contributed by atoms with Crippen LogP contribution in [0.3, 0.4) is 0 Å². The number of benzene rings is 1. The van der Waals surface area contributed by atoms with Gasteiger partial charge < -0.3 is 10.8 Å². The lowest BCUT2D eigenvalue weighted by Crippen LogP contribution is -2.35. The van der Waals surface area contributed by atoms with Crippen LogP contribution in [0.5, 0.6) is 0 Å². The zero-order valence-corrected chi connectivity index (χ0v) is 10.1. The van der Waals surface area contributed by atoms with Crippen molar-refractivity contribution in [2.24, 2.45) is 5.73 Å². The Morgan fingerprint density at radius 1 is 1.57 bits per heavy atom. The SMILES string of the molecule is CC(N)(CCO)c1cc(I)ccc1F. The number of hydrogen-bond donors (Lipinski definition) is 2. The first kappa shape index (κ1) is 11.9. The third kappa shape index (κ3) is 2.65. The summed E-state index contributed by atoms with van der Waals surface area (Å²) in [4.78, 5) is 0. The van der Waals surface area contributed by atoms with E-state index in [0.29, 0.717) is 12.0 Å². The lowest BCUT2D eigenvalue weighted by molar-refractivity contribution is 0.244. The van der Waals surface area contributed by atoms with E-state index in [0.717, 1.165) is 3.57 Å². The monoisotopic (exact) mass is 309 g/mol. The summed E-state index contributed by atoms with van der Waals surface area (Å²) in [5.41, 5.74) is 5.57. The molecule has 3 N–H and O–H groups in total. The molecule has 14 heavy (non-hydrogen) atoms. The Morgan fingerprint density at radius 2 is 2.21 bits per heavy atom. The lowest BCUT2D eigenvalue weighted by atomic mass is 9.90. The molecule has 0 aliphatic heterocycles. The van der Waals surface area contributed by atoms with Gasteiger partial charge in [0.1, 0.15) is 5.82 Å². The maximum absolute atomic E-state index is 13.4. The van der Waals surface area contributed by atoms with Gasteiger partial charge in [0.15, 0.2) is 0 Å². The van der Waals surface area contributed by atoms with Crippen LogP contribution in [0, 0.1) is 9.39 Å². The van der Waals surface area contributed by atoms with E-state index in [9.17, 15) is 4.39 Å². The third-order valence-electron chi connectivity index (χ3n) is 2.17. The maximum atomic E-state index is 13.4. The summed E-state index contributed by atoms with van der Waals surface area (Å²) in [6.45, 7) is 1.68. The standard InChI is InChI=1S/C10H13FINO/c1-10(13,4-5-14)8-6-7(12)2-3-9(8)11/h2-3,6,14H,4-5,13H2,1H3. The summed E-state index contributed by atoms with van der Waals surface area (Å²) in [5.74, 6) is -0.316. The fraction of sp³-hybridized carbons (Fsp3) is 0.400. The number of aliphatic hydroxyl groups excluding tert-OH is 1. The van der Waals surface area contributed by atoms with Crippen LogP contribution in [0.4, 0.5) is 4.39 Å². The van der Waals surface area contributed by atoms with Crippen LogP contribution in [-0.4, -0.2) is 11.7 Å². The highest BCUT2D eigenvalue weighted by Gasteiger charge is 2.24. The quantitative estimate of drug-likeness (QED) is 0.839. The molecule has 0 radical (unpaired) electrons. The molecule has 1 atom stereocenters. The predicted octanol–water partition coefficient (Wildman–Crippen LogP) is 1.99. The van der Waals surface area contributed by atoms with Gasteiger partial charge in [0.25, 0.3) is 0 Å². The van der Waals surface area contributed by atoms with E-state index in [-0.39, 0.29) is 12.4 Å². The largest absolute Gasteiger partial charge is 0.396 e. The van der Waals surface area contributed by atoms with E-state index < -0.39 is 5.54 Å². The van der Waals surface area contributed by atoms with Crippen molar-refractivity contribution in [3.63, 3.8) is 0 Å². The second kappa shape index (κ2) is 4.55. The molecule has 2 nitrogen and oxygen atoms in total. The molecule has 0 spiro atoms. The fourth-order valence-corrected chi connectivity index (χ4v) is 1.79. The molecule has 0 bridgehead atoms. The van der Waals surface area contributed by atoms with Crippen molar-refractivity contribution in [1.29, 1.82) is 0 Å². The van der Waals surface area contributed by atoms with Crippen molar-refractivity contribution < 1.29 is 9.50 Å². The summed E-state index contributed by atoms with van der Waals surface area (Å²) in [5, 5.41) is 8.82. The van der Waals surface area contributed by atoms with Gasteiger partial charge >= 0.3 is 0 Å². The average molecular weight is 309 g/mol. The predicted molar refractivity (Wildman–Crippen MR) is 62.4 cm³/mol. The molecular formula is C10H13FINO. The van der Waals surface area contributed by atoms with E-state index >= 15 is 0 Å². The highest BCUT2D eigenvalue weighted by atomic mass is 127. The minimum absolute atomic E-state index is 0.0437. The molecule has 0 saturated heterocycles. The molecule has 0 saturated carbocycles. The van der Waals surface area contributed by atoms with E-state index in [4.69, 9.17) is 10.8 Å². The molecular weight excluding hydrogens is 296 g/mol. The van der Waals surface area contributed by atoms with Crippen molar-refractivity contribution >= 4 is 22.6 Å². The van der Waals surface area contributed by atoms with Crippen LogP contribution < -0.4 is 5.73 Å². The van der Waals surface area contributed by atoms with Crippen LogP contribution >= 0.6 is 22.6 Å². The summed E-state index contributed by atoms with van der Waals surface area (Å²) < 4.78 is 14.4. The molecule has 1 rings (SSSR count). The summed E-state index contributed by atoms with van der Waals surface area (Å²) >= 11 is 2.11. The van der Waals surface area contributed by atoms with Gasteiger partial charge in [-0.25, -0.2) is 4.39 Å². The molecule has 0 amide bonds. The van der Waals surface area contributed by atoms with Gasteiger partial charge in [-0.05, 0) is 54.1 Å². The first-order valence-electron chi connectivity index (χ1n) is 4.32. The average Bonchev–Trinajstić information content (AvgIpc) is 2.09. The number of aliphatic hydroxyl groups is 1. The van der Waals surface area contributed by atoms with Crippen LogP contribution in [0.2, 0.25) is 0 Å². The molecule has 78 valence electrons. The van der Waals surface area contributed by atoms with Crippen molar-refractivity contribution in [2.75, 3.05) is 6.61 Å². The number of rotatable bonds is 3. The Bertz CT molecular complexity index is 328. The van der Waals surface area contributed by atoms with Gasteiger partial charge in [-0.2, -0.15) is 0 Å². The first-order chi connectivity index (χ1) is 6.47. The fourth-order valence-electron chi connectivity index (χ4n) is 1.30. The number of hydrogen-bond acceptors (Lipinski definition) is 2. The van der Waals surface area contributed by atoms with Gasteiger partial charge in [0, 0.05) is 21.3 Å². The molecule has 0 heterocycles. The zero-order valence-electron chi connectivity index (χ0n) is 7.93. The van der Waals surface area contributed by atoms with E-state index in [1.165, 1.54) is 6.07 Å². The van der Waals surface area contributed by atoms with Crippen molar-refractivity contribution in [1.82, 2.24) is 0 Å². The highest BCUT2D eigenvalue weighted by molar-refractivity contribution is 14.1. The first-order valence-corrected chi connectivity index (χ1v) is 5.40. The molecule has 1 unspecified atom stereocenters. The minimum Gasteiger partial charge on any atom is -0.396 e. The Kier molecular flexibility index (Phi) is 3.86. The maximum Gasteiger partial charge on any atom is 0.128 e. The topological polar surface area (TPSA) is 46.2 Å². The van der Waals surface area contributed by atoms with E-state index in [1.807, 2.05) is 0 Å². The van der Waals surface area contributed by atoms with Gasteiger partial charge in [0.2, 0.25) is 0 Å². The highest BCUT2D eigenvalue weighted by Crippen LogP contribution is 2.25. The van der Waals surface area contributed by atoms with E-state index in [2.05, 4.69) is 22.6 Å². The van der Waals surface area contributed by atoms with Crippen molar-refractivity contribution in [3.05, 3.63) is 33.1 Å². The molecule has 0 aliphatic carbocycles. The van der Waals surface area contributed by atoms with Crippen LogP contribution in [-0.2, 0) is 5.54 Å². The molecule has 0 aromatic heterocycles. The molecule has 4 heteroatoms. The number of nitrogens with two attached hydrogens (primary N) is 1. The van der Waals surface area contributed by atoms with Crippen molar-refractivity contribution in [3.8, 4) is 0 Å². The second-order valence-electron chi connectivity index (χ2n) is 3.52. The normalized spacial score (nSPS) is 15.2. The lowest BCUT2D eigenvalue weighted by Gasteiger charge is -2.24. The van der Waals surface area contributed by atoms with Gasteiger partial charge in [-0.1, -0.05) is 0 Å². The molecule has 1 aromatic rings. The Balaban J connectivity index is 3.10. The van der Waals surface area contributed by atoms with Crippen LogP contribution in [0.1, 0.15) is 18.9 Å². The Hall–Kier alpha value is -0.200. The smallest absolute Gasteiger partial charge is 0.128 e. The van der Waals surface area contributed by atoms with E-state index in [1.54, 1.807) is 19.1 Å². The number of halogens is 2. The molecule has 0 fully saturated rings. The molecule has 1 aromatic carbocycles. The van der Waals surface area contributed by atoms with Gasteiger partial charge in [-0.15, -0.1) is 0 Å². The third-order valence-corrected chi connectivity index (χ3v) is 2.85. The Labute approximate surface area is 96.5 Å². The molecule has 0 aliphatic rings. The van der Waals surface area contributed by atoms with Crippen LogP contribution in [0.15, 0.2) is 18.2 Å². The summed E-state index contributed by atoms with van der Waals surface area (Å²) in [7, 11) is 0. The second-order valence-corrected chi connectivity index (χ2v) is 4.76.